The first-order chi connectivity index (χ1) is 8.70. The summed E-state index contributed by atoms with van der Waals surface area (Å²) in [7, 11) is 0. The van der Waals surface area contributed by atoms with Gasteiger partial charge in [0.05, 0.1) is 10.4 Å². The SMILES string of the molecule is NCC(OCc1ccccc1Br)c1ccc(Br)s1. The number of rotatable bonds is 5. The van der Waals surface area contributed by atoms with Crippen molar-refractivity contribution in [1.82, 2.24) is 0 Å². The summed E-state index contributed by atoms with van der Waals surface area (Å²) in [5.41, 5.74) is 6.90. The summed E-state index contributed by atoms with van der Waals surface area (Å²) in [6.07, 6.45) is -0.0478. The predicted octanol–water partition coefficient (Wildman–Crippen LogP) is 4.49. The summed E-state index contributed by atoms with van der Waals surface area (Å²) in [5, 5.41) is 0. The summed E-state index contributed by atoms with van der Waals surface area (Å²) in [5.74, 6) is 0. The van der Waals surface area contributed by atoms with E-state index in [4.69, 9.17) is 10.5 Å². The number of ether oxygens (including phenoxy) is 1. The minimum Gasteiger partial charge on any atom is -0.367 e. The first-order valence-corrected chi connectivity index (χ1v) is 7.91. The molecule has 0 radical (unpaired) electrons. The van der Waals surface area contributed by atoms with Gasteiger partial charge in [-0.05, 0) is 39.7 Å². The maximum atomic E-state index is 5.89. The van der Waals surface area contributed by atoms with Gasteiger partial charge < -0.3 is 10.5 Å². The van der Waals surface area contributed by atoms with E-state index >= 15 is 0 Å². The van der Waals surface area contributed by atoms with E-state index in [1.54, 1.807) is 11.3 Å². The smallest absolute Gasteiger partial charge is 0.104 e. The molecule has 18 heavy (non-hydrogen) atoms. The van der Waals surface area contributed by atoms with Crippen LogP contribution in [0.25, 0.3) is 0 Å². The van der Waals surface area contributed by atoms with Crippen LogP contribution in [0.1, 0.15) is 16.5 Å². The molecule has 1 heterocycles. The molecule has 1 atom stereocenters. The fraction of sp³-hybridized carbons (Fsp3) is 0.231. The lowest BCUT2D eigenvalue weighted by molar-refractivity contribution is 0.0477. The third-order valence-electron chi connectivity index (χ3n) is 2.52. The summed E-state index contributed by atoms with van der Waals surface area (Å²) >= 11 is 8.62. The number of benzene rings is 1. The molecule has 0 saturated carbocycles. The van der Waals surface area contributed by atoms with Crippen LogP contribution in [0.15, 0.2) is 44.7 Å². The van der Waals surface area contributed by atoms with Gasteiger partial charge in [0.25, 0.3) is 0 Å². The number of hydrogen-bond acceptors (Lipinski definition) is 3. The molecule has 2 nitrogen and oxygen atoms in total. The highest BCUT2D eigenvalue weighted by Gasteiger charge is 2.13. The Kier molecular flexibility index (Phi) is 5.38. The summed E-state index contributed by atoms with van der Waals surface area (Å²) in [4.78, 5) is 1.15. The van der Waals surface area contributed by atoms with Crippen molar-refractivity contribution in [3.63, 3.8) is 0 Å². The van der Waals surface area contributed by atoms with Gasteiger partial charge >= 0.3 is 0 Å². The van der Waals surface area contributed by atoms with Crippen LogP contribution >= 0.6 is 43.2 Å². The van der Waals surface area contributed by atoms with Gasteiger partial charge in [-0.2, -0.15) is 0 Å². The zero-order valence-corrected chi connectivity index (χ0v) is 13.6. The van der Waals surface area contributed by atoms with Crippen molar-refractivity contribution in [2.75, 3.05) is 6.54 Å². The molecule has 0 aliphatic rings. The topological polar surface area (TPSA) is 35.2 Å². The second-order valence-electron chi connectivity index (χ2n) is 3.77. The molecular weight excluding hydrogens is 378 g/mol. The molecule has 1 aromatic heterocycles. The standard InChI is InChI=1S/C13H13Br2NOS/c14-10-4-2-1-3-9(10)8-17-11(7-16)12-5-6-13(15)18-12/h1-6,11H,7-8,16H2. The Bertz CT molecular complexity index is 515. The highest BCUT2D eigenvalue weighted by atomic mass is 79.9. The minimum absolute atomic E-state index is 0.0478. The molecule has 96 valence electrons. The van der Waals surface area contributed by atoms with Gasteiger partial charge in [-0.3, -0.25) is 0 Å². The van der Waals surface area contributed by atoms with Crippen LogP contribution < -0.4 is 5.73 Å². The maximum Gasteiger partial charge on any atom is 0.104 e. The van der Waals surface area contributed by atoms with Crippen LogP contribution in [0.3, 0.4) is 0 Å². The van der Waals surface area contributed by atoms with Gasteiger partial charge in [-0.25, -0.2) is 0 Å². The second kappa shape index (κ2) is 6.82. The quantitative estimate of drug-likeness (QED) is 0.816. The van der Waals surface area contributed by atoms with Crippen LogP contribution in [-0.4, -0.2) is 6.54 Å². The molecule has 0 spiro atoms. The van der Waals surface area contributed by atoms with E-state index in [1.807, 2.05) is 36.4 Å². The van der Waals surface area contributed by atoms with Crippen LogP contribution in [-0.2, 0) is 11.3 Å². The van der Waals surface area contributed by atoms with Gasteiger partial charge in [0, 0.05) is 15.9 Å². The Labute approximate surface area is 127 Å². The summed E-state index contributed by atoms with van der Waals surface area (Å²) < 4.78 is 8.05. The molecule has 0 bridgehead atoms. The number of hydrogen-bond donors (Lipinski definition) is 1. The number of halogens is 2. The van der Waals surface area contributed by atoms with E-state index in [-0.39, 0.29) is 6.10 Å². The molecule has 1 aromatic carbocycles. The third kappa shape index (κ3) is 3.65. The average molecular weight is 391 g/mol. The zero-order valence-electron chi connectivity index (χ0n) is 9.61. The Morgan fingerprint density at radius 2 is 1.94 bits per heavy atom. The Morgan fingerprint density at radius 3 is 2.56 bits per heavy atom. The Morgan fingerprint density at radius 1 is 1.17 bits per heavy atom. The lowest BCUT2D eigenvalue weighted by atomic mass is 10.2. The van der Waals surface area contributed by atoms with Crippen molar-refractivity contribution in [2.24, 2.45) is 5.73 Å². The number of thiophene rings is 1. The highest BCUT2D eigenvalue weighted by molar-refractivity contribution is 9.11. The maximum absolute atomic E-state index is 5.89. The first-order valence-electron chi connectivity index (χ1n) is 5.51. The van der Waals surface area contributed by atoms with E-state index in [0.29, 0.717) is 13.2 Å². The van der Waals surface area contributed by atoms with Crippen LogP contribution in [0.5, 0.6) is 0 Å². The minimum atomic E-state index is -0.0478. The van der Waals surface area contributed by atoms with Crippen molar-refractivity contribution < 1.29 is 4.74 Å². The second-order valence-corrected chi connectivity index (χ2v) is 7.12. The number of nitrogens with two attached hydrogens (primary N) is 1. The molecule has 0 saturated heterocycles. The van der Waals surface area contributed by atoms with E-state index in [1.165, 1.54) is 0 Å². The van der Waals surface area contributed by atoms with Gasteiger partial charge in [0.15, 0.2) is 0 Å². The van der Waals surface area contributed by atoms with Crippen molar-refractivity contribution in [1.29, 1.82) is 0 Å². The summed E-state index contributed by atoms with van der Waals surface area (Å²) in [6.45, 7) is 1.04. The first kappa shape index (κ1) is 14.2. The van der Waals surface area contributed by atoms with Crippen LogP contribution in [0, 0.1) is 0 Å². The molecule has 5 heteroatoms. The fourth-order valence-corrected chi connectivity index (χ4v) is 3.46. The van der Waals surface area contributed by atoms with E-state index in [0.717, 1.165) is 18.7 Å². The molecule has 2 aromatic rings. The van der Waals surface area contributed by atoms with Gasteiger partial charge in [-0.1, -0.05) is 34.1 Å². The molecule has 0 fully saturated rings. The average Bonchev–Trinajstić information content (AvgIpc) is 2.79. The fourth-order valence-electron chi connectivity index (χ4n) is 1.57. The van der Waals surface area contributed by atoms with Crippen molar-refractivity contribution in [3.05, 3.63) is 55.1 Å². The molecule has 0 aliphatic carbocycles. The molecule has 0 amide bonds. The van der Waals surface area contributed by atoms with Crippen molar-refractivity contribution >= 4 is 43.2 Å². The third-order valence-corrected chi connectivity index (χ3v) is 5.01. The van der Waals surface area contributed by atoms with E-state index < -0.39 is 0 Å². The Balaban J connectivity index is 2.02. The Hall–Kier alpha value is -0.200. The van der Waals surface area contributed by atoms with Gasteiger partial charge in [0.2, 0.25) is 0 Å². The molecule has 1 unspecified atom stereocenters. The molecule has 0 aliphatic heterocycles. The normalized spacial score (nSPS) is 12.6. The highest BCUT2D eigenvalue weighted by Crippen LogP contribution is 2.30. The molecule has 2 N–H and O–H groups in total. The van der Waals surface area contributed by atoms with E-state index in [9.17, 15) is 0 Å². The van der Waals surface area contributed by atoms with Crippen LogP contribution in [0.4, 0.5) is 0 Å². The lowest BCUT2D eigenvalue weighted by Crippen LogP contribution is -2.14. The lowest BCUT2D eigenvalue weighted by Gasteiger charge is -2.15. The van der Waals surface area contributed by atoms with Gasteiger partial charge in [-0.15, -0.1) is 11.3 Å². The van der Waals surface area contributed by atoms with Crippen molar-refractivity contribution in [2.45, 2.75) is 12.7 Å². The molecule has 2 rings (SSSR count). The van der Waals surface area contributed by atoms with E-state index in [2.05, 4.69) is 31.9 Å². The predicted molar refractivity (Wildman–Crippen MR) is 82.7 cm³/mol. The largest absolute Gasteiger partial charge is 0.367 e. The molecular formula is C13H13Br2NOS. The summed E-state index contributed by atoms with van der Waals surface area (Å²) in [6, 6.07) is 12.1. The van der Waals surface area contributed by atoms with Crippen molar-refractivity contribution in [3.8, 4) is 0 Å². The van der Waals surface area contributed by atoms with Gasteiger partial charge in [0.1, 0.15) is 6.10 Å². The monoisotopic (exact) mass is 389 g/mol. The zero-order chi connectivity index (χ0) is 13.0. The van der Waals surface area contributed by atoms with Crippen LogP contribution in [0.2, 0.25) is 0 Å².